The first-order chi connectivity index (χ1) is 8.37. The molecule has 0 aliphatic carbocycles. The zero-order chi connectivity index (χ0) is 14.7. The van der Waals surface area contributed by atoms with E-state index in [1.165, 1.54) is 0 Å². The van der Waals surface area contributed by atoms with Crippen LogP contribution >= 0.6 is 0 Å². The van der Waals surface area contributed by atoms with Gasteiger partial charge in [-0.2, -0.15) is 0 Å². The van der Waals surface area contributed by atoms with Crippen LogP contribution in [0.2, 0.25) is 0 Å². The fraction of sp³-hybridized carbons (Fsp3) is 1.00. The van der Waals surface area contributed by atoms with Gasteiger partial charge in [-0.15, -0.1) is 0 Å². The summed E-state index contributed by atoms with van der Waals surface area (Å²) in [6, 6.07) is 0. The van der Waals surface area contributed by atoms with Crippen LogP contribution in [0.3, 0.4) is 0 Å². The Bertz CT molecular complexity index is 342. The first-order valence-electron chi connectivity index (χ1n) is 7.31. The van der Waals surface area contributed by atoms with E-state index in [-0.39, 0.29) is 16.6 Å². The van der Waals surface area contributed by atoms with Crippen molar-refractivity contribution in [2.45, 2.75) is 95.2 Å². The number of nitrogens with one attached hydrogen (secondary N) is 2. The summed E-state index contributed by atoms with van der Waals surface area (Å²) < 4.78 is 0. The molecule has 19 heavy (non-hydrogen) atoms. The number of hydrogen-bond acceptors (Lipinski definition) is 4. The molecule has 2 fully saturated rings. The molecule has 0 aromatic carbocycles. The highest BCUT2D eigenvalue weighted by molar-refractivity contribution is 5.16. The summed E-state index contributed by atoms with van der Waals surface area (Å²) in [4.78, 5) is 0. The third-order valence-corrected chi connectivity index (χ3v) is 4.43. The van der Waals surface area contributed by atoms with Crippen molar-refractivity contribution in [3.8, 4) is 0 Å². The summed E-state index contributed by atoms with van der Waals surface area (Å²) >= 11 is 0. The van der Waals surface area contributed by atoms with Gasteiger partial charge in [0.2, 0.25) is 0 Å². The molecule has 0 aromatic rings. The van der Waals surface area contributed by atoms with E-state index in [0.29, 0.717) is 6.42 Å². The van der Waals surface area contributed by atoms with E-state index < -0.39 is 17.7 Å². The van der Waals surface area contributed by atoms with Crippen LogP contribution in [0.15, 0.2) is 0 Å². The maximum Gasteiger partial charge on any atom is 0.0982 e. The Morgan fingerprint density at radius 3 is 1.74 bits per heavy atom. The van der Waals surface area contributed by atoms with Crippen LogP contribution in [0, 0.1) is 0 Å². The molecule has 0 radical (unpaired) electrons. The molecule has 0 bridgehead atoms. The molecule has 0 amide bonds. The average molecular weight is 270 g/mol. The predicted octanol–water partition coefficient (Wildman–Crippen LogP) is 1.16. The Morgan fingerprint density at radius 2 is 1.26 bits per heavy atom. The minimum Gasteiger partial charge on any atom is -0.390 e. The van der Waals surface area contributed by atoms with Gasteiger partial charge in [-0.3, -0.25) is 0 Å². The second-order valence-corrected chi connectivity index (χ2v) is 8.63. The molecule has 4 nitrogen and oxygen atoms in total. The molecule has 2 aliphatic rings. The summed E-state index contributed by atoms with van der Waals surface area (Å²) in [5.41, 5.74) is -0.701. The van der Waals surface area contributed by atoms with Crippen LogP contribution in [0.1, 0.15) is 60.8 Å². The molecular weight excluding hydrogens is 240 g/mol. The van der Waals surface area contributed by atoms with Crippen molar-refractivity contribution in [2.75, 3.05) is 0 Å². The van der Waals surface area contributed by atoms with E-state index in [1.807, 2.05) is 0 Å². The second-order valence-electron chi connectivity index (χ2n) is 8.63. The minimum absolute atomic E-state index is 0.0666. The van der Waals surface area contributed by atoms with Crippen molar-refractivity contribution in [1.82, 2.24) is 10.6 Å². The largest absolute Gasteiger partial charge is 0.390 e. The molecule has 1 spiro atoms. The summed E-state index contributed by atoms with van der Waals surface area (Å²) in [5.74, 6) is 0. The molecule has 0 saturated carbocycles. The average Bonchev–Trinajstić information content (AvgIpc) is 2.06. The van der Waals surface area contributed by atoms with Crippen LogP contribution in [-0.4, -0.2) is 44.6 Å². The molecule has 0 aromatic heterocycles. The van der Waals surface area contributed by atoms with Gasteiger partial charge in [-0.1, -0.05) is 0 Å². The normalized spacial score (nSPS) is 39.2. The number of rotatable bonds is 0. The molecule has 2 atom stereocenters. The number of aliphatic hydroxyl groups is 2. The van der Waals surface area contributed by atoms with Crippen LogP contribution in [0.25, 0.3) is 0 Å². The van der Waals surface area contributed by atoms with Gasteiger partial charge in [-0.05, 0) is 60.8 Å². The van der Waals surface area contributed by atoms with Crippen LogP contribution in [0.5, 0.6) is 0 Å². The van der Waals surface area contributed by atoms with E-state index in [2.05, 4.69) is 52.2 Å². The lowest BCUT2D eigenvalue weighted by molar-refractivity contribution is -0.125. The Morgan fingerprint density at radius 1 is 0.789 bits per heavy atom. The van der Waals surface area contributed by atoms with Crippen LogP contribution < -0.4 is 10.6 Å². The molecule has 112 valence electrons. The lowest BCUT2D eigenvalue weighted by Gasteiger charge is -2.60. The van der Waals surface area contributed by atoms with E-state index in [9.17, 15) is 10.2 Å². The highest BCUT2D eigenvalue weighted by Gasteiger charge is 2.56. The SMILES string of the molecule is CC1(C)CC2(CC(C)(C)N1)NC(C)(C)CC(O)C2O. The third kappa shape index (κ3) is 2.97. The molecular formula is C15H30N2O2. The summed E-state index contributed by atoms with van der Waals surface area (Å²) in [7, 11) is 0. The molecule has 2 aliphatic heterocycles. The lowest BCUT2D eigenvalue weighted by atomic mass is 9.63. The van der Waals surface area contributed by atoms with Gasteiger partial charge < -0.3 is 20.8 Å². The number of aliphatic hydroxyl groups excluding tert-OH is 2. The number of piperidine rings is 2. The van der Waals surface area contributed by atoms with Gasteiger partial charge in [0, 0.05) is 16.6 Å². The van der Waals surface area contributed by atoms with Crippen LogP contribution in [0.4, 0.5) is 0 Å². The smallest absolute Gasteiger partial charge is 0.0982 e. The van der Waals surface area contributed by atoms with Crippen molar-refractivity contribution in [2.24, 2.45) is 0 Å². The summed E-state index contributed by atoms with van der Waals surface area (Å²) in [5, 5.41) is 28.2. The fourth-order valence-electron chi connectivity index (χ4n) is 4.74. The van der Waals surface area contributed by atoms with Gasteiger partial charge in [0.05, 0.1) is 17.7 Å². The van der Waals surface area contributed by atoms with E-state index >= 15 is 0 Å². The standard InChI is InChI=1S/C15H30N2O2/c1-12(2)7-10(18)11(19)15(17-12)8-13(3,4)16-14(5,6)9-15/h10-11,16-19H,7-9H2,1-6H3. The van der Waals surface area contributed by atoms with E-state index in [1.54, 1.807) is 0 Å². The van der Waals surface area contributed by atoms with E-state index in [0.717, 1.165) is 12.8 Å². The lowest BCUT2D eigenvalue weighted by Crippen LogP contribution is -2.77. The van der Waals surface area contributed by atoms with Gasteiger partial charge in [0.15, 0.2) is 0 Å². The molecule has 4 heteroatoms. The monoisotopic (exact) mass is 270 g/mol. The van der Waals surface area contributed by atoms with Gasteiger partial charge in [0.1, 0.15) is 0 Å². The van der Waals surface area contributed by atoms with Crippen molar-refractivity contribution < 1.29 is 10.2 Å². The molecule has 2 rings (SSSR count). The summed E-state index contributed by atoms with van der Waals surface area (Å²) in [6.07, 6.45) is 0.850. The maximum atomic E-state index is 10.6. The topological polar surface area (TPSA) is 64.5 Å². The highest BCUT2D eigenvalue weighted by atomic mass is 16.3. The Balaban J connectivity index is 2.38. The van der Waals surface area contributed by atoms with Gasteiger partial charge >= 0.3 is 0 Å². The highest BCUT2D eigenvalue weighted by Crippen LogP contribution is 2.43. The predicted molar refractivity (Wildman–Crippen MR) is 77.1 cm³/mol. The van der Waals surface area contributed by atoms with Gasteiger partial charge in [-0.25, -0.2) is 0 Å². The van der Waals surface area contributed by atoms with Crippen molar-refractivity contribution in [3.63, 3.8) is 0 Å². The number of hydrogen-bond donors (Lipinski definition) is 4. The first kappa shape index (κ1) is 15.2. The summed E-state index contributed by atoms with van der Waals surface area (Å²) in [6.45, 7) is 12.9. The second kappa shape index (κ2) is 4.17. The van der Waals surface area contributed by atoms with Crippen molar-refractivity contribution in [1.29, 1.82) is 0 Å². The third-order valence-electron chi connectivity index (χ3n) is 4.43. The zero-order valence-electron chi connectivity index (χ0n) is 13.2. The fourth-order valence-corrected chi connectivity index (χ4v) is 4.74. The van der Waals surface area contributed by atoms with Gasteiger partial charge in [0.25, 0.3) is 0 Å². The van der Waals surface area contributed by atoms with Crippen LogP contribution in [-0.2, 0) is 0 Å². The minimum atomic E-state index is -0.707. The van der Waals surface area contributed by atoms with Crippen molar-refractivity contribution >= 4 is 0 Å². The van der Waals surface area contributed by atoms with E-state index in [4.69, 9.17) is 0 Å². The Kier molecular flexibility index (Phi) is 3.34. The molecule has 2 heterocycles. The Labute approximate surface area is 117 Å². The molecule has 4 N–H and O–H groups in total. The maximum absolute atomic E-state index is 10.6. The quantitative estimate of drug-likeness (QED) is 0.533. The molecule has 2 saturated heterocycles. The zero-order valence-corrected chi connectivity index (χ0v) is 13.2. The Hall–Kier alpha value is -0.160. The first-order valence-corrected chi connectivity index (χ1v) is 7.31. The molecule has 2 unspecified atom stereocenters. The van der Waals surface area contributed by atoms with Crippen molar-refractivity contribution in [3.05, 3.63) is 0 Å².